The molecule has 0 spiro atoms. The summed E-state index contributed by atoms with van der Waals surface area (Å²) in [5.41, 5.74) is 2.04. The average Bonchev–Trinajstić information content (AvgIpc) is 2.43. The Kier molecular flexibility index (Phi) is 5.37. The maximum atomic E-state index is 12.2. The number of likely N-dealkylation sites (tertiary alicyclic amines) is 1. The Morgan fingerprint density at radius 1 is 1.43 bits per heavy atom. The van der Waals surface area contributed by atoms with Crippen molar-refractivity contribution in [3.63, 3.8) is 0 Å². The number of hydrogen-bond donors (Lipinski definition) is 2. The molecule has 1 aromatic carbocycles. The molecule has 1 aromatic rings. The zero-order valence-electron chi connectivity index (χ0n) is 13.2. The molecular weight excluding hydrogens is 264 g/mol. The van der Waals surface area contributed by atoms with Crippen LogP contribution in [-0.2, 0) is 4.79 Å². The molecule has 4 heteroatoms. The lowest BCUT2D eigenvalue weighted by molar-refractivity contribution is -0.118. The van der Waals surface area contributed by atoms with E-state index in [-0.39, 0.29) is 12.0 Å². The number of carbonyl (C=O) groups is 1. The molecule has 0 saturated carbocycles. The fourth-order valence-corrected chi connectivity index (χ4v) is 2.77. The van der Waals surface area contributed by atoms with Crippen molar-refractivity contribution in [1.29, 1.82) is 0 Å². The second-order valence-corrected chi connectivity index (χ2v) is 6.36. The van der Waals surface area contributed by atoms with Crippen molar-refractivity contribution in [2.24, 2.45) is 5.92 Å². The summed E-state index contributed by atoms with van der Waals surface area (Å²) < 4.78 is 0. The van der Waals surface area contributed by atoms with Gasteiger partial charge >= 0.3 is 0 Å². The summed E-state index contributed by atoms with van der Waals surface area (Å²) >= 11 is 0. The molecule has 0 aliphatic carbocycles. The standard InChI is InChI=1S/C17H26N2O2/c1-12(2)14-6-4-5-7-15(14)18-17(21)11-19-9-8-13(3)16(20)10-19/h4-7,12-13,16,20H,8-11H2,1-3H3,(H,18,21). The van der Waals surface area contributed by atoms with Gasteiger partial charge in [-0.3, -0.25) is 9.69 Å². The van der Waals surface area contributed by atoms with Crippen molar-refractivity contribution in [1.82, 2.24) is 4.90 Å². The number of aliphatic hydroxyl groups is 1. The Balaban J connectivity index is 1.93. The van der Waals surface area contributed by atoms with Gasteiger partial charge in [0, 0.05) is 12.2 Å². The van der Waals surface area contributed by atoms with Crippen molar-refractivity contribution in [3.05, 3.63) is 29.8 Å². The number of para-hydroxylation sites is 1. The highest BCUT2D eigenvalue weighted by Gasteiger charge is 2.25. The molecule has 2 atom stereocenters. The molecular formula is C17H26N2O2. The first-order valence-electron chi connectivity index (χ1n) is 7.76. The molecule has 21 heavy (non-hydrogen) atoms. The number of hydrogen-bond acceptors (Lipinski definition) is 3. The third-order valence-electron chi connectivity index (χ3n) is 4.23. The van der Waals surface area contributed by atoms with Gasteiger partial charge in [0.05, 0.1) is 12.6 Å². The molecule has 1 fully saturated rings. The third-order valence-corrected chi connectivity index (χ3v) is 4.23. The summed E-state index contributed by atoms with van der Waals surface area (Å²) in [6.07, 6.45) is 0.617. The van der Waals surface area contributed by atoms with Gasteiger partial charge in [0.2, 0.25) is 5.91 Å². The van der Waals surface area contributed by atoms with E-state index >= 15 is 0 Å². The fraction of sp³-hybridized carbons (Fsp3) is 0.588. The molecule has 2 unspecified atom stereocenters. The highest BCUT2D eigenvalue weighted by atomic mass is 16.3. The van der Waals surface area contributed by atoms with Crippen LogP contribution in [0.3, 0.4) is 0 Å². The van der Waals surface area contributed by atoms with Crippen molar-refractivity contribution >= 4 is 11.6 Å². The molecule has 0 radical (unpaired) electrons. The van der Waals surface area contributed by atoms with Crippen molar-refractivity contribution in [3.8, 4) is 0 Å². The lowest BCUT2D eigenvalue weighted by atomic mass is 9.96. The highest BCUT2D eigenvalue weighted by Crippen LogP contribution is 2.23. The Morgan fingerprint density at radius 2 is 2.14 bits per heavy atom. The van der Waals surface area contributed by atoms with Gasteiger partial charge in [-0.25, -0.2) is 0 Å². The number of nitrogens with zero attached hydrogens (tertiary/aromatic N) is 1. The van der Waals surface area contributed by atoms with E-state index in [0.717, 1.165) is 24.2 Å². The zero-order chi connectivity index (χ0) is 15.4. The van der Waals surface area contributed by atoms with E-state index in [1.54, 1.807) is 0 Å². The van der Waals surface area contributed by atoms with Crippen molar-refractivity contribution in [2.75, 3.05) is 25.0 Å². The topological polar surface area (TPSA) is 52.6 Å². The number of β-amino-alcohol motifs (C(OH)–C–C–N with tert-alkyl or cyclic N) is 1. The van der Waals surface area contributed by atoms with Crippen LogP contribution in [-0.4, -0.2) is 41.7 Å². The molecule has 2 rings (SSSR count). The number of anilines is 1. The Bertz CT molecular complexity index is 487. The Labute approximate surface area is 127 Å². The molecule has 4 nitrogen and oxygen atoms in total. The average molecular weight is 290 g/mol. The zero-order valence-corrected chi connectivity index (χ0v) is 13.2. The minimum Gasteiger partial charge on any atom is -0.392 e. The van der Waals surface area contributed by atoms with E-state index in [1.807, 2.05) is 29.2 Å². The van der Waals surface area contributed by atoms with Crippen LogP contribution in [0.4, 0.5) is 5.69 Å². The molecule has 2 N–H and O–H groups in total. The van der Waals surface area contributed by atoms with Gasteiger partial charge < -0.3 is 10.4 Å². The van der Waals surface area contributed by atoms with Gasteiger partial charge in [0.1, 0.15) is 0 Å². The number of carbonyl (C=O) groups excluding carboxylic acids is 1. The summed E-state index contributed by atoms with van der Waals surface area (Å²) in [6.45, 7) is 8.09. The summed E-state index contributed by atoms with van der Waals surface area (Å²) in [7, 11) is 0. The second-order valence-electron chi connectivity index (χ2n) is 6.36. The summed E-state index contributed by atoms with van der Waals surface area (Å²) in [5, 5.41) is 12.9. The normalized spacial score (nSPS) is 23.3. The lowest BCUT2D eigenvalue weighted by Gasteiger charge is -2.33. The monoisotopic (exact) mass is 290 g/mol. The van der Waals surface area contributed by atoms with Crippen LogP contribution in [0.5, 0.6) is 0 Å². The van der Waals surface area contributed by atoms with Crippen LogP contribution in [0.2, 0.25) is 0 Å². The number of benzene rings is 1. The summed E-state index contributed by atoms with van der Waals surface area (Å²) in [6, 6.07) is 7.92. The largest absolute Gasteiger partial charge is 0.392 e. The first-order chi connectivity index (χ1) is 9.97. The van der Waals surface area contributed by atoms with Crippen LogP contribution in [0.1, 0.15) is 38.7 Å². The number of nitrogens with one attached hydrogen (secondary N) is 1. The van der Waals surface area contributed by atoms with Gasteiger partial charge in [-0.05, 0) is 36.4 Å². The van der Waals surface area contributed by atoms with E-state index in [1.165, 1.54) is 0 Å². The molecule has 1 heterocycles. The van der Waals surface area contributed by atoms with Gasteiger partial charge in [0.25, 0.3) is 0 Å². The molecule has 1 amide bonds. The highest BCUT2D eigenvalue weighted by molar-refractivity contribution is 5.93. The lowest BCUT2D eigenvalue weighted by Crippen LogP contribution is -2.45. The minimum absolute atomic E-state index is 0.00940. The van der Waals surface area contributed by atoms with Crippen LogP contribution < -0.4 is 5.32 Å². The molecule has 0 aromatic heterocycles. The van der Waals surface area contributed by atoms with E-state index in [0.29, 0.717) is 24.9 Å². The van der Waals surface area contributed by atoms with E-state index in [9.17, 15) is 9.90 Å². The smallest absolute Gasteiger partial charge is 0.238 e. The Morgan fingerprint density at radius 3 is 2.81 bits per heavy atom. The SMILES string of the molecule is CC(C)c1ccccc1NC(=O)CN1CCC(C)C(O)C1. The summed E-state index contributed by atoms with van der Waals surface area (Å²) in [4.78, 5) is 14.2. The van der Waals surface area contributed by atoms with Crippen molar-refractivity contribution in [2.45, 2.75) is 39.2 Å². The van der Waals surface area contributed by atoms with E-state index in [4.69, 9.17) is 0 Å². The van der Waals surface area contributed by atoms with Gasteiger partial charge in [-0.2, -0.15) is 0 Å². The predicted octanol–water partition coefficient (Wildman–Crippen LogP) is 2.45. The van der Waals surface area contributed by atoms with Gasteiger partial charge in [-0.1, -0.05) is 39.0 Å². The van der Waals surface area contributed by atoms with Gasteiger partial charge in [-0.15, -0.1) is 0 Å². The first kappa shape index (κ1) is 16.0. The Hall–Kier alpha value is -1.39. The maximum Gasteiger partial charge on any atom is 0.238 e. The molecule has 116 valence electrons. The number of aliphatic hydroxyl groups excluding tert-OH is 1. The molecule has 1 aliphatic rings. The molecule has 1 aliphatic heterocycles. The summed E-state index contributed by atoms with van der Waals surface area (Å²) in [5.74, 6) is 0.690. The van der Waals surface area contributed by atoms with Gasteiger partial charge in [0.15, 0.2) is 0 Å². The third kappa shape index (κ3) is 4.29. The number of amides is 1. The maximum absolute atomic E-state index is 12.2. The molecule has 1 saturated heterocycles. The minimum atomic E-state index is -0.325. The van der Waals surface area contributed by atoms with Crippen LogP contribution in [0, 0.1) is 5.92 Å². The predicted molar refractivity (Wildman–Crippen MR) is 85.4 cm³/mol. The molecule has 0 bridgehead atoms. The number of piperidine rings is 1. The van der Waals surface area contributed by atoms with E-state index < -0.39 is 0 Å². The van der Waals surface area contributed by atoms with Crippen molar-refractivity contribution < 1.29 is 9.90 Å². The van der Waals surface area contributed by atoms with E-state index in [2.05, 4.69) is 26.1 Å². The van der Waals surface area contributed by atoms with Crippen LogP contribution in [0.25, 0.3) is 0 Å². The first-order valence-corrected chi connectivity index (χ1v) is 7.76. The second kappa shape index (κ2) is 7.05. The fourth-order valence-electron chi connectivity index (χ4n) is 2.77. The quantitative estimate of drug-likeness (QED) is 0.895. The number of rotatable bonds is 4. The van der Waals surface area contributed by atoms with Crippen LogP contribution >= 0.6 is 0 Å². The van der Waals surface area contributed by atoms with Crippen LogP contribution in [0.15, 0.2) is 24.3 Å².